The molecule has 2 rings (SSSR count). The molecule has 1 aromatic carbocycles. The molecule has 0 bridgehead atoms. The van der Waals surface area contributed by atoms with E-state index in [0.29, 0.717) is 6.61 Å². The van der Waals surface area contributed by atoms with Crippen molar-refractivity contribution < 1.29 is 4.84 Å². The fourth-order valence-electron chi connectivity index (χ4n) is 1.53. The fraction of sp³-hybridized carbons (Fsp3) is 0.308. The lowest BCUT2D eigenvalue weighted by Crippen LogP contribution is -2.14. The van der Waals surface area contributed by atoms with Gasteiger partial charge in [0.15, 0.2) is 0 Å². The van der Waals surface area contributed by atoms with Crippen molar-refractivity contribution in [1.29, 1.82) is 0 Å². The second-order valence-corrected chi connectivity index (χ2v) is 3.93. The topological polar surface area (TPSA) is 27.1 Å². The minimum atomic E-state index is 0.544. The van der Waals surface area contributed by atoms with Crippen LogP contribution in [0.2, 0.25) is 0 Å². The van der Waals surface area contributed by atoms with E-state index in [9.17, 15) is 0 Å². The molecule has 0 aliphatic rings. The molecule has 0 aliphatic heterocycles. The van der Waals surface area contributed by atoms with Crippen LogP contribution in [-0.4, -0.2) is 9.94 Å². The van der Waals surface area contributed by atoms with Gasteiger partial charge < -0.3 is 4.84 Å². The van der Waals surface area contributed by atoms with E-state index in [0.717, 1.165) is 17.0 Å². The lowest BCUT2D eigenvalue weighted by atomic mass is 10.2. The molecule has 0 fully saturated rings. The summed E-state index contributed by atoms with van der Waals surface area (Å²) in [6.07, 6.45) is 0. The number of nitrogens with zero attached hydrogens (tertiary/aromatic N) is 2. The highest BCUT2D eigenvalue weighted by Crippen LogP contribution is 2.10. The minimum absolute atomic E-state index is 0.544. The second-order valence-electron chi connectivity index (χ2n) is 3.93. The summed E-state index contributed by atoms with van der Waals surface area (Å²) in [4.78, 5) is 7.24. The maximum Gasteiger partial charge on any atom is 0.142 e. The zero-order valence-corrected chi connectivity index (χ0v) is 9.90. The van der Waals surface area contributed by atoms with Crippen LogP contribution in [0.15, 0.2) is 30.3 Å². The molecule has 16 heavy (non-hydrogen) atoms. The first-order valence-electron chi connectivity index (χ1n) is 5.38. The van der Waals surface area contributed by atoms with Crippen LogP contribution in [-0.2, 0) is 6.61 Å². The Morgan fingerprint density at radius 2 is 1.81 bits per heavy atom. The van der Waals surface area contributed by atoms with Gasteiger partial charge in [-0.25, -0.2) is 0 Å². The van der Waals surface area contributed by atoms with Crippen molar-refractivity contribution in [3.63, 3.8) is 0 Å². The fourth-order valence-corrected chi connectivity index (χ4v) is 1.53. The van der Waals surface area contributed by atoms with E-state index in [1.807, 2.05) is 44.2 Å². The Morgan fingerprint density at radius 1 is 1.12 bits per heavy atom. The highest BCUT2D eigenvalue weighted by atomic mass is 16.7. The second kappa shape index (κ2) is 4.39. The van der Waals surface area contributed by atoms with Crippen molar-refractivity contribution in [3.8, 4) is 0 Å². The summed E-state index contributed by atoms with van der Waals surface area (Å²) in [5.74, 6) is 0. The molecule has 0 saturated heterocycles. The van der Waals surface area contributed by atoms with Crippen molar-refractivity contribution in [2.45, 2.75) is 27.4 Å². The van der Waals surface area contributed by atoms with Gasteiger partial charge in [0.2, 0.25) is 0 Å². The van der Waals surface area contributed by atoms with E-state index in [2.05, 4.69) is 12.0 Å². The smallest absolute Gasteiger partial charge is 0.142 e. The Labute approximate surface area is 95.6 Å². The molecule has 0 N–H and O–H groups in total. The van der Waals surface area contributed by atoms with Gasteiger partial charge in [-0.3, -0.25) is 0 Å². The zero-order chi connectivity index (χ0) is 11.5. The molecule has 84 valence electrons. The molecule has 1 aromatic heterocycles. The predicted molar refractivity (Wildman–Crippen MR) is 63.2 cm³/mol. The van der Waals surface area contributed by atoms with Crippen molar-refractivity contribution in [2.75, 3.05) is 0 Å². The summed E-state index contributed by atoms with van der Waals surface area (Å²) in [5, 5.41) is 4.32. The SMILES string of the molecule is Cc1nn(OCc2ccccc2)c(C)c1C. The third-order valence-electron chi connectivity index (χ3n) is 2.81. The molecule has 1 heterocycles. The minimum Gasteiger partial charge on any atom is -0.392 e. The first-order chi connectivity index (χ1) is 7.68. The van der Waals surface area contributed by atoms with Gasteiger partial charge in [-0.05, 0) is 31.9 Å². The standard InChI is InChI=1S/C13H16N2O/c1-10-11(2)14-15(12(10)3)16-9-13-7-5-4-6-8-13/h4-8H,9H2,1-3H3. The highest BCUT2D eigenvalue weighted by molar-refractivity contribution is 5.21. The average molecular weight is 216 g/mol. The van der Waals surface area contributed by atoms with Crippen molar-refractivity contribution in [1.82, 2.24) is 9.94 Å². The third kappa shape index (κ3) is 2.08. The lowest BCUT2D eigenvalue weighted by Gasteiger charge is -2.06. The number of benzene rings is 1. The summed E-state index contributed by atoms with van der Waals surface area (Å²) >= 11 is 0. The summed E-state index contributed by atoms with van der Waals surface area (Å²) < 4.78 is 0. The molecule has 0 amide bonds. The largest absolute Gasteiger partial charge is 0.392 e. The average Bonchev–Trinajstić information content (AvgIpc) is 2.56. The third-order valence-corrected chi connectivity index (χ3v) is 2.81. The first-order valence-corrected chi connectivity index (χ1v) is 5.38. The van der Waals surface area contributed by atoms with E-state index in [4.69, 9.17) is 4.84 Å². The summed E-state index contributed by atoms with van der Waals surface area (Å²) in [6, 6.07) is 10.1. The number of rotatable bonds is 3. The van der Waals surface area contributed by atoms with Gasteiger partial charge in [-0.1, -0.05) is 30.3 Å². The molecule has 0 radical (unpaired) electrons. The Balaban J connectivity index is 2.08. The number of aromatic nitrogens is 2. The Bertz CT molecular complexity index is 474. The van der Waals surface area contributed by atoms with E-state index in [1.165, 1.54) is 5.56 Å². The van der Waals surface area contributed by atoms with Crippen molar-refractivity contribution in [2.24, 2.45) is 0 Å². The molecule has 0 atom stereocenters. The van der Waals surface area contributed by atoms with Gasteiger partial charge in [0.25, 0.3) is 0 Å². The van der Waals surface area contributed by atoms with Crippen LogP contribution in [0.5, 0.6) is 0 Å². The van der Waals surface area contributed by atoms with Gasteiger partial charge >= 0.3 is 0 Å². The summed E-state index contributed by atoms with van der Waals surface area (Å²) in [7, 11) is 0. The van der Waals surface area contributed by atoms with E-state index in [1.54, 1.807) is 4.85 Å². The Morgan fingerprint density at radius 3 is 2.38 bits per heavy atom. The Hall–Kier alpha value is -1.77. The van der Waals surface area contributed by atoms with Crippen molar-refractivity contribution in [3.05, 3.63) is 52.8 Å². The molecular weight excluding hydrogens is 200 g/mol. The number of hydrogen-bond donors (Lipinski definition) is 0. The summed E-state index contributed by atoms with van der Waals surface area (Å²) in [6.45, 7) is 6.60. The van der Waals surface area contributed by atoms with Crippen LogP contribution < -0.4 is 4.84 Å². The molecule has 3 nitrogen and oxygen atoms in total. The first kappa shape index (κ1) is 10.7. The maximum absolute atomic E-state index is 5.63. The molecule has 0 unspecified atom stereocenters. The summed E-state index contributed by atoms with van der Waals surface area (Å²) in [5.41, 5.74) is 4.42. The van der Waals surface area contributed by atoms with Gasteiger partial charge in [-0.15, -0.1) is 9.94 Å². The van der Waals surface area contributed by atoms with E-state index >= 15 is 0 Å². The molecule has 3 heteroatoms. The molecule has 2 aromatic rings. The highest BCUT2D eigenvalue weighted by Gasteiger charge is 2.07. The molecule has 0 aliphatic carbocycles. The van der Waals surface area contributed by atoms with Gasteiger partial charge in [0, 0.05) is 0 Å². The number of hydrogen-bond acceptors (Lipinski definition) is 2. The molecule has 0 spiro atoms. The van der Waals surface area contributed by atoms with Gasteiger partial charge in [0.1, 0.15) is 6.61 Å². The van der Waals surface area contributed by atoms with Crippen molar-refractivity contribution >= 4 is 0 Å². The predicted octanol–water partition coefficient (Wildman–Crippen LogP) is 2.44. The van der Waals surface area contributed by atoms with Crippen LogP contribution in [0.25, 0.3) is 0 Å². The van der Waals surface area contributed by atoms with E-state index in [-0.39, 0.29) is 0 Å². The van der Waals surface area contributed by atoms with Crippen LogP contribution in [0.1, 0.15) is 22.5 Å². The lowest BCUT2D eigenvalue weighted by molar-refractivity contribution is 0.0651. The quantitative estimate of drug-likeness (QED) is 0.788. The monoisotopic (exact) mass is 216 g/mol. The maximum atomic E-state index is 5.63. The normalized spacial score (nSPS) is 10.4. The zero-order valence-electron chi connectivity index (χ0n) is 9.90. The van der Waals surface area contributed by atoms with E-state index < -0.39 is 0 Å². The molecular formula is C13H16N2O. The Kier molecular flexibility index (Phi) is 2.95. The molecule has 0 saturated carbocycles. The van der Waals surface area contributed by atoms with Gasteiger partial charge in [0.05, 0.1) is 11.4 Å². The van der Waals surface area contributed by atoms with Crippen LogP contribution >= 0.6 is 0 Å². The number of aryl methyl sites for hydroxylation is 1. The van der Waals surface area contributed by atoms with Crippen LogP contribution in [0, 0.1) is 20.8 Å². The van der Waals surface area contributed by atoms with Crippen LogP contribution in [0.4, 0.5) is 0 Å². The van der Waals surface area contributed by atoms with Gasteiger partial charge in [-0.2, -0.15) is 0 Å². The van der Waals surface area contributed by atoms with Crippen LogP contribution in [0.3, 0.4) is 0 Å².